The van der Waals surface area contributed by atoms with Crippen molar-refractivity contribution in [3.8, 4) is 5.75 Å². The minimum Gasteiger partial charge on any atom is -0.491 e. The first-order valence-corrected chi connectivity index (χ1v) is 7.62. The lowest BCUT2D eigenvalue weighted by molar-refractivity contribution is 0.145. The van der Waals surface area contributed by atoms with Gasteiger partial charge in [0.25, 0.3) is 0 Å². The predicted molar refractivity (Wildman–Crippen MR) is 88.6 cm³/mol. The Morgan fingerprint density at radius 3 is 2.29 bits per heavy atom. The quantitative estimate of drug-likeness (QED) is 0.808. The Bertz CT molecular complexity index is 599. The first kappa shape index (κ1) is 16.0. The second kappa shape index (κ2) is 7.07. The third kappa shape index (κ3) is 3.64. The molecule has 1 unspecified atom stereocenters. The normalized spacial score (nSPS) is 13.7. The van der Waals surface area contributed by atoms with Crippen LogP contribution in [0.2, 0.25) is 0 Å². The Balaban J connectivity index is 2.38. The SMILES string of the molecule is COCCOc1ccccc1C(C)(N)c1ccccc1Br. The molecule has 2 aromatic rings. The average Bonchev–Trinajstić information content (AvgIpc) is 2.48. The van der Waals surface area contributed by atoms with E-state index in [4.69, 9.17) is 15.2 Å². The molecule has 3 nitrogen and oxygen atoms in total. The average molecular weight is 350 g/mol. The van der Waals surface area contributed by atoms with Gasteiger partial charge in [-0.25, -0.2) is 0 Å². The van der Waals surface area contributed by atoms with Gasteiger partial charge in [-0.3, -0.25) is 0 Å². The molecule has 0 aliphatic carbocycles. The van der Waals surface area contributed by atoms with E-state index in [-0.39, 0.29) is 0 Å². The Morgan fingerprint density at radius 1 is 1.00 bits per heavy atom. The zero-order valence-corrected chi connectivity index (χ0v) is 13.9. The van der Waals surface area contributed by atoms with E-state index in [0.29, 0.717) is 13.2 Å². The summed E-state index contributed by atoms with van der Waals surface area (Å²) in [7, 11) is 1.66. The molecule has 0 bridgehead atoms. The maximum Gasteiger partial charge on any atom is 0.124 e. The molecule has 21 heavy (non-hydrogen) atoms. The summed E-state index contributed by atoms with van der Waals surface area (Å²) >= 11 is 3.58. The number of rotatable bonds is 6. The van der Waals surface area contributed by atoms with E-state index >= 15 is 0 Å². The number of hydrogen-bond donors (Lipinski definition) is 1. The molecule has 1 atom stereocenters. The summed E-state index contributed by atoms with van der Waals surface area (Å²) in [4.78, 5) is 0. The second-order valence-corrected chi connectivity index (χ2v) is 5.87. The lowest BCUT2D eigenvalue weighted by Gasteiger charge is -2.29. The van der Waals surface area contributed by atoms with Crippen LogP contribution < -0.4 is 10.5 Å². The van der Waals surface area contributed by atoms with Crippen molar-refractivity contribution in [3.63, 3.8) is 0 Å². The molecule has 0 aromatic heterocycles. The molecule has 4 heteroatoms. The van der Waals surface area contributed by atoms with Crippen LogP contribution in [0.5, 0.6) is 5.75 Å². The zero-order valence-electron chi connectivity index (χ0n) is 12.3. The van der Waals surface area contributed by atoms with Crippen molar-refractivity contribution in [2.24, 2.45) is 5.73 Å². The number of para-hydroxylation sites is 1. The van der Waals surface area contributed by atoms with Gasteiger partial charge in [-0.05, 0) is 24.6 Å². The van der Waals surface area contributed by atoms with Gasteiger partial charge in [0.05, 0.1) is 12.1 Å². The van der Waals surface area contributed by atoms with E-state index < -0.39 is 5.54 Å². The van der Waals surface area contributed by atoms with Crippen LogP contribution in [0.3, 0.4) is 0 Å². The van der Waals surface area contributed by atoms with Crippen LogP contribution in [0.4, 0.5) is 0 Å². The maximum atomic E-state index is 6.62. The minimum absolute atomic E-state index is 0.500. The Morgan fingerprint density at radius 2 is 1.62 bits per heavy atom. The van der Waals surface area contributed by atoms with Gasteiger partial charge < -0.3 is 15.2 Å². The van der Waals surface area contributed by atoms with Crippen LogP contribution in [0.25, 0.3) is 0 Å². The molecular formula is C17H20BrNO2. The van der Waals surface area contributed by atoms with E-state index in [1.54, 1.807) is 7.11 Å². The van der Waals surface area contributed by atoms with Gasteiger partial charge in [-0.2, -0.15) is 0 Å². The van der Waals surface area contributed by atoms with Crippen molar-refractivity contribution in [2.75, 3.05) is 20.3 Å². The lowest BCUT2D eigenvalue weighted by Crippen LogP contribution is -2.35. The second-order valence-electron chi connectivity index (χ2n) is 5.02. The van der Waals surface area contributed by atoms with Crippen molar-refractivity contribution >= 4 is 15.9 Å². The van der Waals surface area contributed by atoms with Gasteiger partial charge in [0.1, 0.15) is 12.4 Å². The molecule has 0 saturated heterocycles. The number of ether oxygens (including phenoxy) is 2. The van der Waals surface area contributed by atoms with Gasteiger partial charge in [-0.1, -0.05) is 52.3 Å². The highest BCUT2D eigenvalue weighted by atomic mass is 79.9. The molecule has 0 heterocycles. The van der Waals surface area contributed by atoms with E-state index in [1.165, 1.54) is 0 Å². The molecule has 2 aromatic carbocycles. The van der Waals surface area contributed by atoms with E-state index in [2.05, 4.69) is 15.9 Å². The highest BCUT2D eigenvalue weighted by Gasteiger charge is 2.28. The summed E-state index contributed by atoms with van der Waals surface area (Å²) in [5.74, 6) is 0.787. The smallest absolute Gasteiger partial charge is 0.124 e. The molecule has 0 fully saturated rings. The first-order chi connectivity index (χ1) is 10.1. The van der Waals surface area contributed by atoms with Gasteiger partial charge in [-0.15, -0.1) is 0 Å². The van der Waals surface area contributed by atoms with Crippen molar-refractivity contribution in [3.05, 3.63) is 64.1 Å². The largest absolute Gasteiger partial charge is 0.491 e. The molecule has 0 aliphatic rings. The number of nitrogens with two attached hydrogens (primary N) is 1. The van der Waals surface area contributed by atoms with Crippen molar-refractivity contribution in [2.45, 2.75) is 12.5 Å². The third-order valence-electron chi connectivity index (χ3n) is 3.42. The fraction of sp³-hybridized carbons (Fsp3) is 0.294. The summed E-state index contributed by atoms with van der Waals surface area (Å²) in [5, 5.41) is 0. The molecule has 112 valence electrons. The summed E-state index contributed by atoms with van der Waals surface area (Å²) in [6.07, 6.45) is 0. The Hall–Kier alpha value is -1.36. The van der Waals surface area contributed by atoms with E-state index in [9.17, 15) is 0 Å². The van der Waals surface area contributed by atoms with Crippen LogP contribution in [0.15, 0.2) is 53.0 Å². The molecule has 2 rings (SSSR count). The molecule has 0 radical (unpaired) electrons. The van der Waals surface area contributed by atoms with Crippen molar-refractivity contribution in [1.29, 1.82) is 0 Å². The van der Waals surface area contributed by atoms with E-state index in [0.717, 1.165) is 21.3 Å². The molecule has 0 amide bonds. The summed E-state index contributed by atoms with van der Waals surface area (Å²) < 4.78 is 11.8. The monoisotopic (exact) mass is 349 g/mol. The molecule has 0 spiro atoms. The molecule has 0 saturated carbocycles. The molecular weight excluding hydrogens is 330 g/mol. The minimum atomic E-state index is -0.649. The third-order valence-corrected chi connectivity index (χ3v) is 4.12. The fourth-order valence-electron chi connectivity index (χ4n) is 2.28. The zero-order chi connectivity index (χ0) is 15.3. The maximum absolute atomic E-state index is 6.62. The fourth-order valence-corrected chi connectivity index (χ4v) is 2.98. The lowest BCUT2D eigenvalue weighted by atomic mass is 9.85. The highest BCUT2D eigenvalue weighted by molar-refractivity contribution is 9.10. The van der Waals surface area contributed by atoms with Crippen LogP contribution in [-0.4, -0.2) is 20.3 Å². The predicted octanol–water partition coefficient (Wildman–Crippen LogP) is 3.70. The number of halogens is 1. The van der Waals surface area contributed by atoms with Gasteiger partial charge >= 0.3 is 0 Å². The molecule has 2 N–H and O–H groups in total. The topological polar surface area (TPSA) is 44.5 Å². The van der Waals surface area contributed by atoms with Crippen LogP contribution in [-0.2, 0) is 10.3 Å². The molecule has 0 aliphatic heterocycles. The van der Waals surface area contributed by atoms with Gasteiger partial charge in [0.15, 0.2) is 0 Å². The summed E-state index contributed by atoms with van der Waals surface area (Å²) in [6.45, 7) is 3.04. The van der Waals surface area contributed by atoms with Gasteiger partial charge in [0.2, 0.25) is 0 Å². The van der Waals surface area contributed by atoms with Crippen LogP contribution >= 0.6 is 15.9 Å². The standard InChI is InChI=1S/C17H20BrNO2/c1-17(19,13-7-3-5-9-15(13)18)14-8-4-6-10-16(14)21-12-11-20-2/h3-10H,11-12,19H2,1-2H3. The number of hydrogen-bond acceptors (Lipinski definition) is 3. The number of methoxy groups -OCH3 is 1. The van der Waals surface area contributed by atoms with Crippen LogP contribution in [0, 0.1) is 0 Å². The summed E-state index contributed by atoms with van der Waals surface area (Å²) in [6, 6.07) is 15.8. The van der Waals surface area contributed by atoms with E-state index in [1.807, 2.05) is 55.5 Å². The Kier molecular flexibility index (Phi) is 5.39. The van der Waals surface area contributed by atoms with Crippen LogP contribution in [0.1, 0.15) is 18.1 Å². The first-order valence-electron chi connectivity index (χ1n) is 6.82. The van der Waals surface area contributed by atoms with Gasteiger partial charge in [0, 0.05) is 17.1 Å². The van der Waals surface area contributed by atoms with Crippen molar-refractivity contribution in [1.82, 2.24) is 0 Å². The highest BCUT2D eigenvalue weighted by Crippen LogP contribution is 2.36. The number of benzene rings is 2. The Labute approximate surface area is 134 Å². The summed E-state index contributed by atoms with van der Waals surface area (Å²) in [5.41, 5.74) is 7.95. The van der Waals surface area contributed by atoms with Crippen molar-refractivity contribution < 1.29 is 9.47 Å².